The molecule has 1 atom stereocenters. The Morgan fingerprint density at radius 3 is 2.00 bits per heavy atom. The number of hydrogen-bond donors (Lipinski definition) is 3. The summed E-state index contributed by atoms with van der Waals surface area (Å²) in [6.07, 6.45) is -0.560. The lowest BCUT2D eigenvalue weighted by Gasteiger charge is -1.99. The SMILES string of the molecule is CC(O)CO.Cc1ccccc1S(=O)(=O)O. The highest BCUT2D eigenvalue weighted by atomic mass is 32.2. The van der Waals surface area contributed by atoms with Crippen LogP contribution in [0, 0.1) is 6.92 Å². The summed E-state index contributed by atoms with van der Waals surface area (Å²) in [5, 5.41) is 16.0. The third-order valence-electron chi connectivity index (χ3n) is 1.64. The molecule has 1 aromatic carbocycles. The van der Waals surface area contributed by atoms with Crippen molar-refractivity contribution < 1.29 is 23.2 Å². The Labute approximate surface area is 95.1 Å². The number of benzene rings is 1. The summed E-state index contributed by atoms with van der Waals surface area (Å²) in [4.78, 5) is -0.0278. The van der Waals surface area contributed by atoms with Crippen LogP contribution in [0.1, 0.15) is 12.5 Å². The number of aliphatic hydroxyl groups is 2. The highest BCUT2D eigenvalue weighted by molar-refractivity contribution is 7.85. The minimum atomic E-state index is -4.03. The van der Waals surface area contributed by atoms with Crippen LogP contribution in [-0.4, -0.2) is 35.9 Å². The van der Waals surface area contributed by atoms with Gasteiger partial charge in [0.25, 0.3) is 10.1 Å². The van der Waals surface area contributed by atoms with Gasteiger partial charge in [0.2, 0.25) is 0 Å². The smallest absolute Gasteiger partial charge is 0.294 e. The maximum absolute atomic E-state index is 10.6. The molecule has 0 fully saturated rings. The monoisotopic (exact) mass is 248 g/mol. The van der Waals surface area contributed by atoms with E-state index in [2.05, 4.69) is 0 Å². The van der Waals surface area contributed by atoms with Crippen LogP contribution in [0.25, 0.3) is 0 Å². The van der Waals surface area contributed by atoms with E-state index in [1.807, 2.05) is 0 Å². The van der Waals surface area contributed by atoms with E-state index < -0.39 is 16.2 Å². The number of aryl methyl sites for hydroxylation is 1. The van der Waals surface area contributed by atoms with Crippen molar-refractivity contribution in [1.29, 1.82) is 0 Å². The molecule has 0 amide bonds. The molecule has 0 aliphatic carbocycles. The van der Waals surface area contributed by atoms with Gasteiger partial charge < -0.3 is 10.2 Å². The fourth-order valence-electron chi connectivity index (χ4n) is 0.846. The molecule has 5 nitrogen and oxygen atoms in total. The average molecular weight is 248 g/mol. The standard InChI is InChI=1S/C7H8O3S.C3H8O2/c1-6-4-2-3-5-7(6)11(8,9)10;1-3(5)2-4/h2-5H,1H3,(H,8,9,10);3-5H,2H2,1H3. The van der Waals surface area contributed by atoms with Gasteiger partial charge in [-0.1, -0.05) is 18.2 Å². The fourth-order valence-corrected chi connectivity index (χ4v) is 1.57. The fraction of sp³-hybridized carbons (Fsp3) is 0.400. The number of aliphatic hydroxyl groups excluding tert-OH is 2. The Hall–Kier alpha value is -0.950. The van der Waals surface area contributed by atoms with E-state index >= 15 is 0 Å². The van der Waals surface area contributed by atoms with Gasteiger partial charge in [0.05, 0.1) is 17.6 Å². The molecule has 0 aromatic heterocycles. The maximum Gasteiger partial charge on any atom is 0.294 e. The van der Waals surface area contributed by atoms with Crippen LogP contribution in [0.3, 0.4) is 0 Å². The Morgan fingerprint density at radius 2 is 1.75 bits per heavy atom. The average Bonchev–Trinajstić information content (AvgIpc) is 2.17. The highest BCUT2D eigenvalue weighted by Gasteiger charge is 2.10. The largest absolute Gasteiger partial charge is 0.394 e. The first kappa shape index (κ1) is 15.0. The molecule has 1 rings (SSSR count). The van der Waals surface area contributed by atoms with E-state index in [4.69, 9.17) is 14.8 Å². The summed E-state index contributed by atoms with van der Waals surface area (Å²) in [6.45, 7) is 3.02. The van der Waals surface area contributed by atoms with Crippen molar-refractivity contribution in [3.05, 3.63) is 29.8 Å². The second-order valence-electron chi connectivity index (χ2n) is 3.27. The predicted octanol–water partition coefficient (Wildman–Crippen LogP) is 0.601. The van der Waals surface area contributed by atoms with E-state index in [9.17, 15) is 8.42 Å². The lowest BCUT2D eigenvalue weighted by Crippen LogP contribution is -2.03. The van der Waals surface area contributed by atoms with Crippen molar-refractivity contribution in [3.63, 3.8) is 0 Å². The quantitative estimate of drug-likeness (QED) is 0.666. The van der Waals surface area contributed by atoms with E-state index in [0.717, 1.165) is 0 Å². The van der Waals surface area contributed by atoms with E-state index in [-0.39, 0.29) is 11.5 Å². The predicted molar refractivity (Wildman–Crippen MR) is 59.8 cm³/mol. The summed E-state index contributed by atoms with van der Waals surface area (Å²) >= 11 is 0. The molecular formula is C10H16O5S. The second kappa shape index (κ2) is 6.59. The number of hydrogen-bond acceptors (Lipinski definition) is 4. The van der Waals surface area contributed by atoms with Gasteiger partial charge in [-0.05, 0) is 25.5 Å². The van der Waals surface area contributed by atoms with Gasteiger partial charge in [0.15, 0.2) is 0 Å². The molecule has 16 heavy (non-hydrogen) atoms. The first-order valence-electron chi connectivity index (χ1n) is 4.61. The van der Waals surface area contributed by atoms with Crippen molar-refractivity contribution in [2.45, 2.75) is 24.8 Å². The van der Waals surface area contributed by atoms with Crippen molar-refractivity contribution in [3.8, 4) is 0 Å². The van der Waals surface area contributed by atoms with E-state index in [1.54, 1.807) is 25.1 Å². The zero-order chi connectivity index (χ0) is 12.8. The van der Waals surface area contributed by atoms with E-state index in [0.29, 0.717) is 5.56 Å². The van der Waals surface area contributed by atoms with Gasteiger partial charge in [-0.25, -0.2) is 0 Å². The Bertz CT molecular complexity index is 411. The Morgan fingerprint density at radius 1 is 1.31 bits per heavy atom. The van der Waals surface area contributed by atoms with Gasteiger partial charge in [0, 0.05) is 0 Å². The van der Waals surface area contributed by atoms with Crippen molar-refractivity contribution in [2.24, 2.45) is 0 Å². The molecule has 92 valence electrons. The number of rotatable bonds is 2. The summed E-state index contributed by atoms with van der Waals surface area (Å²) in [6, 6.07) is 6.27. The molecule has 0 aliphatic rings. The van der Waals surface area contributed by atoms with Crippen LogP contribution in [0.15, 0.2) is 29.2 Å². The molecule has 3 N–H and O–H groups in total. The van der Waals surface area contributed by atoms with Gasteiger partial charge in [-0.2, -0.15) is 8.42 Å². The molecule has 0 heterocycles. The van der Waals surface area contributed by atoms with Crippen LogP contribution in [0.2, 0.25) is 0 Å². The molecule has 0 radical (unpaired) electrons. The van der Waals surface area contributed by atoms with Crippen molar-refractivity contribution in [2.75, 3.05) is 6.61 Å². The lowest BCUT2D eigenvalue weighted by atomic mass is 10.2. The minimum Gasteiger partial charge on any atom is -0.394 e. The molecule has 0 saturated heterocycles. The van der Waals surface area contributed by atoms with Gasteiger partial charge in [-0.15, -0.1) is 0 Å². The van der Waals surface area contributed by atoms with Crippen LogP contribution >= 0.6 is 0 Å². The Kier molecular flexibility index (Phi) is 6.20. The molecule has 0 spiro atoms. The second-order valence-corrected chi connectivity index (χ2v) is 4.66. The van der Waals surface area contributed by atoms with Crippen LogP contribution in [0.5, 0.6) is 0 Å². The van der Waals surface area contributed by atoms with Crippen molar-refractivity contribution >= 4 is 10.1 Å². The zero-order valence-electron chi connectivity index (χ0n) is 9.16. The third kappa shape index (κ3) is 5.82. The topological polar surface area (TPSA) is 94.8 Å². The summed E-state index contributed by atoms with van der Waals surface area (Å²) in [5.41, 5.74) is 0.551. The molecule has 0 aliphatic heterocycles. The van der Waals surface area contributed by atoms with Gasteiger partial charge >= 0.3 is 0 Å². The first-order chi connectivity index (χ1) is 7.29. The molecule has 0 bridgehead atoms. The summed E-state index contributed by atoms with van der Waals surface area (Å²) in [5.74, 6) is 0. The van der Waals surface area contributed by atoms with Crippen LogP contribution in [0.4, 0.5) is 0 Å². The van der Waals surface area contributed by atoms with Gasteiger partial charge in [-0.3, -0.25) is 4.55 Å². The normalized spacial score (nSPS) is 12.6. The molecule has 6 heteroatoms. The molecule has 0 saturated carbocycles. The first-order valence-corrected chi connectivity index (χ1v) is 6.05. The van der Waals surface area contributed by atoms with E-state index in [1.165, 1.54) is 13.0 Å². The lowest BCUT2D eigenvalue weighted by molar-refractivity contribution is 0.110. The minimum absolute atomic E-state index is 0.0278. The molecule has 1 unspecified atom stereocenters. The molecule has 1 aromatic rings. The van der Waals surface area contributed by atoms with Crippen LogP contribution < -0.4 is 0 Å². The van der Waals surface area contributed by atoms with Gasteiger partial charge in [0.1, 0.15) is 0 Å². The van der Waals surface area contributed by atoms with Crippen LogP contribution in [-0.2, 0) is 10.1 Å². The Balaban J connectivity index is 0.000000385. The maximum atomic E-state index is 10.6. The molecular weight excluding hydrogens is 232 g/mol. The summed E-state index contributed by atoms with van der Waals surface area (Å²) in [7, 11) is -4.03. The zero-order valence-corrected chi connectivity index (χ0v) is 9.98. The summed E-state index contributed by atoms with van der Waals surface area (Å²) < 4.78 is 29.9. The highest BCUT2D eigenvalue weighted by Crippen LogP contribution is 2.12. The van der Waals surface area contributed by atoms with Crippen molar-refractivity contribution in [1.82, 2.24) is 0 Å². The third-order valence-corrected chi connectivity index (χ3v) is 2.65.